The largest absolute Gasteiger partial charge is 0.376 e. The molecule has 4 heterocycles. The minimum atomic E-state index is -0.0144. The molecule has 0 bridgehead atoms. The van der Waals surface area contributed by atoms with Gasteiger partial charge in [-0.05, 0) is 44.5 Å². The number of piperazine rings is 1. The number of hydrogen-bond donors (Lipinski definition) is 3. The van der Waals surface area contributed by atoms with Crippen LogP contribution in [0.4, 0.5) is 0 Å². The lowest BCUT2D eigenvalue weighted by Crippen LogP contribution is -3.13. The van der Waals surface area contributed by atoms with Crippen LogP contribution in [0.2, 0.25) is 0 Å². The molecule has 2 saturated heterocycles. The van der Waals surface area contributed by atoms with E-state index >= 15 is 0 Å². The highest BCUT2D eigenvalue weighted by Crippen LogP contribution is 2.25. The van der Waals surface area contributed by atoms with Crippen molar-refractivity contribution in [1.82, 2.24) is 20.2 Å². The predicted molar refractivity (Wildman–Crippen MR) is 115 cm³/mol. The van der Waals surface area contributed by atoms with Crippen LogP contribution < -0.4 is 15.8 Å². The Morgan fingerprint density at radius 1 is 1.43 bits per heavy atom. The van der Waals surface area contributed by atoms with E-state index in [2.05, 4.69) is 15.2 Å². The van der Waals surface area contributed by atoms with E-state index in [0.717, 1.165) is 90.3 Å². The van der Waals surface area contributed by atoms with Crippen LogP contribution in [0.25, 0.3) is 10.2 Å². The summed E-state index contributed by atoms with van der Waals surface area (Å²) in [5.74, 6) is 0.779. The highest BCUT2D eigenvalue weighted by molar-refractivity contribution is 7.80. The molecule has 2 aliphatic rings. The Morgan fingerprint density at radius 3 is 2.93 bits per heavy atom. The lowest BCUT2D eigenvalue weighted by molar-refractivity contribution is -0.918. The van der Waals surface area contributed by atoms with Crippen molar-refractivity contribution in [2.75, 3.05) is 39.3 Å². The van der Waals surface area contributed by atoms with Crippen molar-refractivity contribution < 1.29 is 9.64 Å². The standard InChI is InChI=1S/C19H27N5O2S2/c1-12-13(2)28-18-16(12)17(25)21-15(22-18)11-23-5-7-24(8-6-23)19(27)20-10-14-4-3-9-26-14/h14H,3-11H2,1-2H3,(H,20,27)(H,21,22,25)/p+1/t14-/m0/s1. The third-order valence-corrected chi connectivity index (χ3v) is 7.27. The Bertz CT molecular complexity index is 911. The second-order valence-corrected chi connectivity index (χ2v) is 9.30. The van der Waals surface area contributed by atoms with Gasteiger partial charge in [0.25, 0.3) is 5.56 Å². The number of aromatic nitrogens is 2. The molecule has 0 aliphatic carbocycles. The third-order valence-electron chi connectivity index (χ3n) is 5.77. The average molecular weight is 423 g/mol. The van der Waals surface area contributed by atoms with Crippen LogP contribution in [0.3, 0.4) is 0 Å². The summed E-state index contributed by atoms with van der Waals surface area (Å²) in [6.07, 6.45) is 2.56. The van der Waals surface area contributed by atoms with Crippen molar-refractivity contribution in [3.63, 3.8) is 0 Å². The van der Waals surface area contributed by atoms with Crippen LogP contribution in [0, 0.1) is 13.8 Å². The van der Waals surface area contributed by atoms with E-state index in [4.69, 9.17) is 21.9 Å². The number of ether oxygens (including phenoxy) is 1. The van der Waals surface area contributed by atoms with Crippen molar-refractivity contribution in [1.29, 1.82) is 0 Å². The van der Waals surface area contributed by atoms with Gasteiger partial charge < -0.3 is 24.8 Å². The zero-order valence-electron chi connectivity index (χ0n) is 16.5. The lowest BCUT2D eigenvalue weighted by atomic mass is 10.2. The Morgan fingerprint density at radius 2 is 2.21 bits per heavy atom. The Labute approximate surface area is 174 Å². The number of hydrogen-bond acceptors (Lipinski definition) is 5. The van der Waals surface area contributed by atoms with Gasteiger partial charge in [-0.15, -0.1) is 11.3 Å². The lowest BCUT2D eigenvalue weighted by Gasteiger charge is -2.33. The minimum Gasteiger partial charge on any atom is -0.376 e. The van der Waals surface area contributed by atoms with Gasteiger partial charge in [0.1, 0.15) is 11.4 Å². The summed E-state index contributed by atoms with van der Waals surface area (Å²) in [5.41, 5.74) is 1.03. The predicted octanol–water partition coefficient (Wildman–Crippen LogP) is 0.355. The quantitative estimate of drug-likeness (QED) is 0.618. The maximum absolute atomic E-state index is 12.5. The highest BCUT2D eigenvalue weighted by Gasteiger charge is 2.24. The highest BCUT2D eigenvalue weighted by atomic mass is 32.1. The molecular weight excluding hydrogens is 394 g/mol. The number of nitrogens with zero attached hydrogens (tertiary/aromatic N) is 2. The molecule has 0 radical (unpaired) electrons. The minimum absolute atomic E-state index is 0.0144. The van der Waals surface area contributed by atoms with Gasteiger partial charge in [0.05, 0.1) is 37.7 Å². The molecule has 7 nitrogen and oxygen atoms in total. The summed E-state index contributed by atoms with van der Waals surface area (Å²) in [4.78, 5) is 25.8. The van der Waals surface area contributed by atoms with Gasteiger partial charge in [0, 0.05) is 18.0 Å². The SMILES string of the molecule is Cc1sc2nc(C[NH+]3CCN(C(=S)NC[C@@H]4CCCO4)CC3)[nH]c(=O)c2c1C. The molecule has 3 N–H and O–H groups in total. The van der Waals surface area contributed by atoms with Gasteiger partial charge in [0.15, 0.2) is 10.9 Å². The molecule has 1 atom stereocenters. The first-order chi connectivity index (χ1) is 13.5. The fraction of sp³-hybridized carbons (Fsp3) is 0.632. The molecule has 2 fully saturated rings. The van der Waals surface area contributed by atoms with Gasteiger partial charge in [-0.3, -0.25) is 4.79 Å². The van der Waals surface area contributed by atoms with Crippen LogP contribution in [-0.2, 0) is 11.3 Å². The molecule has 2 aromatic rings. The number of aromatic amines is 1. The van der Waals surface area contributed by atoms with E-state index in [1.807, 2.05) is 13.8 Å². The Hall–Kier alpha value is -1.55. The van der Waals surface area contributed by atoms with Gasteiger partial charge in [-0.25, -0.2) is 4.98 Å². The van der Waals surface area contributed by atoms with E-state index in [-0.39, 0.29) is 5.56 Å². The number of H-pyrrole nitrogens is 1. The first-order valence-electron chi connectivity index (χ1n) is 9.98. The van der Waals surface area contributed by atoms with Crippen LogP contribution >= 0.6 is 23.6 Å². The number of thiocarbonyl (C=S) groups is 1. The first-order valence-corrected chi connectivity index (χ1v) is 11.2. The molecule has 28 heavy (non-hydrogen) atoms. The molecular formula is C19H28N5O2S2+. The van der Waals surface area contributed by atoms with Crippen LogP contribution in [0.1, 0.15) is 29.1 Å². The van der Waals surface area contributed by atoms with E-state index in [9.17, 15) is 4.79 Å². The third kappa shape index (κ3) is 4.22. The maximum atomic E-state index is 12.5. The number of thiophene rings is 1. The van der Waals surface area contributed by atoms with Gasteiger partial charge >= 0.3 is 0 Å². The summed E-state index contributed by atoms with van der Waals surface area (Å²) in [6.45, 7) is 10.2. The molecule has 2 aliphatic heterocycles. The molecule has 152 valence electrons. The van der Waals surface area contributed by atoms with Crippen molar-refractivity contribution in [3.05, 3.63) is 26.6 Å². The Balaban J connectivity index is 1.31. The zero-order valence-corrected chi connectivity index (χ0v) is 18.1. The summed E-state index contributed by atoms with van der Waals surface area (Å²) in [6, 6.07) is 0. The normalized spacial score (nSPS) is 20.8. The van der Waals surface area contributed by atoms with Crippen LogP contribution in [0.5, 0.6) is 0 Å². The van der Waals surface area contributed by atoms with Gasteiger partial charge in [-0.2, -0.15) is 0 Å². The second kappa shape index (κ2) is 8.44. The smallest absolute Gasteiger partial charge is 0.260 e. The monoisotopic (exact) mass is 422 g/mol. The summed E-state index contributed by atoms with van der Waals surface area (Å²) in [7, 11) is 0. The van der Waals surface area contributed by atoms with E-state index in [1.165, 1.54) is 4.90 Å². The molecule has 2 aromatic heterocycles. The first kappa shape index (κ1) is 19.8. The van der Waals surface area contributed by atoms with Crippen molar-refractivity contribution in [3.8, 4) is 0 Å². The summed E-state index contributed by atoms with van der Waals surface area (Å²) >= 11 is 7.16. The molecule has 0 aromatic carbocycles. The number of rotatable bonds is 4. The second-order valence-electron chi connectivity index (χ2n) is 7.71. The van der Waals surface area contributed by atoms with Gasteiger partial charge in [-0.1, -0.05) is 0 Å². The molecule has 4 rings (SSSR count). The zero-order chi connectivity index (χ0) is 19.7. The molecule has 9 heteroatoms. The average Bonchev–Trinajstić information content (AvgIpc) is 3.29. The number of quaternary nitrogens is 1. The summed E-state index contributed by atoms with van der Waals surface area (Å²) in [5, 5.41) is 4.93. The fourth-order valence-electron chi connectivity index (χ4n) is 3.94. The topological polar surface area (TPSA) is 74.7 Å². The van der Waals surface area contributed by atoms with E-state index in [0.29, 0.717) is 6.10 Å². The summed E-state index contributed by atoms with van der Waals surface area (Å²) < 4.78 is 5.64. The van der Waals surface area contributed by atoms with Crippen LogP contribution in [-0.4, -0.2) is 65.4 Å². The fourth-order valence-corrected chi connectivity index (χ4v) is 5.26. The van der Waals surface area contributed by atoms with Gasteiger partial charge in [0.2, 0.25) is 0 Å². The number of nitrogens with one attached hydrogen (secondary N) is 3. The number of fused-ring (bicyclic) bond motifs is 1. The van der Waals surface area contributed by atoms with E-state index < -0.39 is 0 Å². The van der Waals surface area contributed by atoms with Crippen molar-refractivity contribution in [2.24, 2.45) is 0 Å². The number of aryl methyl sites for hydroxylation is 2. The van der Waals surface area contributed by atoms with Crippen LogP contribution in [0.15, 0.2) is 4.79 Å². The molecule has 0 spiro atoms. The van der Waals surface area contributed by atoms with Crippen molar-refractivity contribution >= 4 is 38.9 Å². The molecule has 0 saturated carbocycles. The van der Waals surface area contributed by atoms with Crippen molar-refractivity contribution in [2.45, 2.75) is 39.3 Å². The Kier molecular flexibility index (Phi) is 5.96. The van der Waals surface area contributed by atoms with E-state index in [1.54, 1.807) is 11.3 Å². The molecule has 0 unspecified atom stereocenters. The maximum Gasteiger partial charge on any atom is 0.260 e. The molecule has 0 amide bonds.